The van der Waals surface area contributed by atoms with Crippen LogP contribution in [0.3, 0.4) is 0 Å². The Morgan fingerprint density at radius 1 is 1.05 bits per heavy atom. The lowest BCUT2D eigenvalue weighted by Crippen LogP contribution is -2.06. The average molecular weight is 289 g/mol. The molecule has 1 aromatic carbocycles. The Kier molecular flexibility index (Phi) is 6.35. The fourth-order valence-electron chi connectivity index (χ4n) is 1.76. The van der Waals surface area contributed by atoms with Gasteiger partial charge in [-0.15, -0.1) is 0 Å². The summed E-state index contributed by atoms with van der Waals surface area (Å²) < 4.78 is 37.0. The van der Waals surface area contributed by atoms with Crippen LogP contribution in [0.5, 0.6) is 0 Å². The van der Waals surface area contributed by atoms with E-state index in [4.69, 9.17) is 5.11 Å². The summed E-state index contributed by atoms with van der Waals surface area (Å²) >= 11 is 0. The van der Waals surface area contributed by atoms with Crippen molar-refractivity contribution in [3.05, 3.63) is 29.8 Å². The number of carbonyl (C=O) groups is 1. The molecular formula is C14H18F3NO2. The maximum atomic E-state index is 12.3. The number of unbranched alkanes of at least 4 members (excludes halogenated alkanes) is 3. The first kappa shape index (κ1) is 16.3. The SMILES string of the molecule is O=C(O)CCCCCCNc1ccc(C(F)(F)F)cc1. The van der Waals surface area contributed by atoms with Crippen molar-refractivity contribution in [2.45, 2.75) is 38.3 Å². The van der Waals surface area contributed by atoms with Crippen LogP contribution in [0, 0.1) is 0 Å². The summed E-state index contributed by atoms with van der Waals surface area (Å²) in [7, 11) is 0. The quantitative estimate of drug-likeness (QED) is 0.707. The van der Waals surface area contributed by atoms with E-state index in [-0.39, 0.29) is 6.42 Å². The molecule has 20 heavy (non-hydrogen) atoms. The number of carboxylic acids is 1. The second-order valence-corrected chi connectivity index (χ2v) is 4.56. The van der Waals surface area contributed by atoms with Gasteiger partial charge in [0.25, 0.3) is 0 Å². The van der Waals surface area contributed by atoms with Crippen LogP contribution < -0.4 is 5.32 Å². The summed E-state index contributed by atoms with van der Waals surface area (Å²) in [5, 5.41) is 11.5. The van der Waals surface area contributed by atoms with Crippen LogP contribution in [-0.4, -0.2) is 17.6 Å². The van der Waals surface area contributed by atoms with Crippen LogP contribution in [0.1, 0.15) is 37.7 Å². The minimum atomic E-state index is -4.30. The third-order valence-electron chi connectivity index (χ3n) is 2.86. The molecule has 0 atom stereocenters. The third kappa shape index (κ3) is 6.45. The monoisotopic (exact) mass is 289 g/mol. The van der Waals surface area contributed by atoms with Gasteiger partial charge in [0.2, 0.25) is 0 Å². The molecule has 0 radical (unpaired) electrons. The zero-order valence-corrected chi connectivity index (χ0v) is 11.0. The lowest BCUT2D eigenvalue weighted by molar-refractivity contribution is -0.138. The van der Waals surface area contributed by atoms with Gasteiger partial charge >= 0.3 is 12.1 Å². The maximum absolute atomic E-state index is 12.3. The fraction of sp³-hybridized carbons (Fsp3) is 0.500. The summed E-state index contributed by atoms with van der Waals surface area (Å²) in [6.07, 6.45) is -0.840. The molecule has 0 aliphatic heterocycles. The van der Waals surface area contributed by atoms with Crippen molar-refractivity contribution in [2.24, 2.45) is 0 Å². The van der Waals surface area contributed by atoms with Gasteiger partial charge in [0, 0.05) is 18.7 Å². The normalized spacial score (nSPS) is 11.3. The number of hydrogen-bond donors (Lipinski definition) is 2. The Morgan fingerprint density at radius 3 is 2.20 bits per heavy atom. The predicted molar refractivity (Wildman–Crippen MR) is 70.7 cm³/mol. The van der Waals surface area contributed by atoms with Crippen LogP contribution in [0.15, 0.2) is 24.3 Å². The molecule has 0 aromatic heterocycles. The Morgan fingerprint density at radius 2 is 1.65 bits per heavy atom. The lowest BCUT2D eigenvalue weighted by atomic mass is 10.1. The zero-order valence-electron chi connectivity index (χ0n) is 11.0. The number of anilines is 1. The number of hydrogen-bond acceptors (Lipinski definition) is 2. The van der Waals surface area contributed by atoms with E-state index in [2.05, 4.69) is 5.32 Å². The van der Waals surface area contributed by atoms with E-state index in [0.717, 1.165) is 31.4 Å². The van der Waals surface area contributed by atoms with Crippen molar-refractivity contribution in [3.63, 3.8) is 0 Å². The van der Waals surface area contributed by atoms with Crippen molar-refractivity contribution in [1.82, 2.24) is 0 Å². The van der Waals surface area contributed by atoms with Gasteiger partial charge in [0.15, 0.2) is 0 Å². The molecule has 0 bridgehead atoms. The van der Waals surface area contributed by atoms with Gasteiger partial charge in [-0.05, 0) is 37.1 Å². The highest BCUT2D eigenvalue weighted by atomic mass is 19.4. The molecule has 0 spiro atoms. The molecule has 0 aliphatic rings. The molecule has 6 heteroatoms. The van der Waals surface area contributed by atoms with Crippen molar-refractivity contribution in [3.8, 4) is 0 Å². The number of benzene rings is 1. The maximum Gasteiger partial charge on any atom is 0.416 e. The van der Waals surface area contributed by atoms with E-state index in [0.29, 0.717) is 18.7 Å². The molecule has 2 N–H and O–H groups in total. The van der Waals surface area contributed by atoms with Crippen LogP contribution >= 0.6 is 0 Å². The number of carboxylic acid groups (broad SMARTS) is 1. The first-order chi connectivity index (χ1) is 9.39. The van der Waals surface area contributed by atoms with Gasteiger partial charge in [-0.2, -0.15) is 13.2 Å². The third-order valence-corrected chi connectivity index (χ3v) is 2.86. The summed E-state index contributed by atoms with van der Waals surface area (Å²) in [4.78, 5) is 10.3. The highest BCUT2D eigenvalue weighted by molar-refractivity contribution is 5.66. The number of alkyl halides is 3. The second kappa shape index (κ2) is 7.77. The van der Waals surface area contributed by atoms with Gasteiger partial charge in [0.1, 0.15) is 0 Å². The van der Waals surface area contributed by atoms with Gasteiger partial charge in [0.05, 0.1) is 5.56 Å². The molecule has 0 amide bonds. The van der Waals surface area contributed by atoms with Gasteiger partial charge in [-0.25, -0.2) is 0 Å². The van der Waals surface area contributed by atoms with Crippen molar-refractivity contribution >= 4 is 11.7 Å². The second-order valence-electron chi connectivity index (χ2n) is 4.56. The molecule has 0 saturated carbocycles. The topological polar surface area (TPSA) is 49.3 Å². The smallest absolute Gasteiger partial charge is 0.416 e. The first-order valence-corrected chi connectivity index (χ1v) is 6.52. The predicted octanol–water partition coefficient (Wildman–Crippen LogP) is 4.15. The average Bonchev–Trinajstić information content (AvgIpc) is 2.37. The molecule has 0 fully saturated rings. The van der Waals surface area contributed by atoms with E-state index >= 15 is 0 Å². The van der Waals surface area contributed by atoms with Crippen molar-refractivity contribution < 1.29 is 23.1 Å². The Labute approximate surface area is 115 Å². The van der Waals surface area contributed by atoms with E-state index in [9.17, 15) is 18.0 Å². The summed E-state index contributed by atoms with van der Waals surface area (Å²) in [6, 6.07) is 4.92. The summed E-state index contributed by atoms with van der Waals surface area (Å²) in [6.45, 7) is 0.665. The lowest BCUT2D eigenvalue weighted by Gasteiger charge is -2.09. The van der Waals surface area contributed by atoms with Crippen LogP contribution in [-0.2, 0) is 11.0 Å². The van der Waals surface area contributed by atoms with Gasteiger partial charge in [-0.1, -0.05) is 12.8 Å². The van der Waals surface area contributed by atoms with E-state index in [1.807, 2.05) is 0 Å². The standard InChI is InChI=1S/C14H18F3NO2/c15-14(16,17)11-6-8-12(9-7-11)18-10-4-2-1-3-5-13(19)20/h6-9,18H,1-5,10H2,(H,19,20). The number of rotatable bonds is 8. The van der Waals surface area contributed by atoms with Crippen LogP contribution in [0.25, 0.3) is 0 Å². The Balaban J connectivity index is 2.18. The van der Waals surface area contributed by atoms with E-state index in [1.165, 1.54) is 12.1 Å². The molecule has 0 heterocycles. The Hall–Kier alpha value is -1.72. The zero-order chi connectivity index (χ0) is 15.0. The summed E-state index contributed by atoms with van der Waals surface area (Å²) in [5.41, 5.74) is 0.000238. The molecule has 0 aliphatic carbocycles. The first-order valence-electron chi connectivity index (χ1n) is 6.52. The van der Waals surface area contributed by atoms with Gasteiger partial charge < -0.3 is 10.4 Å². The van der Waals surface area contributed by atoms with Crippen molar-refractivity contribution in [1.29, 1.82) is 0 Å². The number of nitrogens with one attached hydrogen (secondary N) is 1. The molecule has 1 aromatic rings. The molecule has 3 nitrogen and oxygen atoms in total. The largest absolute Gasteiger partial charge is 0.481 e. The number of halogens is 3. The fourth-order valence-corrected chi connectivity index (χ4v) is 1.76. The Bertz CT molecular complexity index is 415. The minimum Gasteiger partial charge on any atom is -0.481 e. The van der Waals surface area contributed by atoms with E-state index in [1.54, 1.807) is 0 Å². The molecule has 1 rings (SSSR count). The molecular weight excluding hydrogens is 271 g/mol. The van der Waals surface area contributed by atoms with Crippen LogP contribution in [0.4, 0.5) is 18.9 Å². The summed E-state index contributed by atoms with van der Waals surface area (Å²) in [5.74, 6) is -0.784. The van der Waals surface area contributed by atoms with E-state index < -0.39 is 17.7 Å². The highest BCUT2D eigenvalue weighted by Crippen LogP contribution is 2.29. The highest BCUT2D eigenvalue weighted by Gasteiger charge is 2.29. The number of aliphatic carboxylic acids is 1. The minimum absolute atomic E-state index is 0.187. The van der Waals surface area contributed by atoms with Gasteiger partial charge in [-0.3, -0.25) is 4.79 Å². The molecule has 0 saturated heterocycles. The van der Waals surface area contributed by atoms with Crippen LogP contribution in [0.2, 0.25) is 0 Å². The van der Waals surface area contributed by atoms with Crippen molar-refractivity contribution in [2.75, 3.05) is 11.9 Å². The molecule has 0 unspecified atom stereocenters. The molecule has 112 valence electrons.